The van der Waals surface area contributed by atoms with E-state index >= 15 is 0 Å². The number of rotatable bonds is 20. The molecule has 346 valence electrons. The first-order valence-electron chi connectivity index (χ1n) is 25.3. The normalized spacial score (nSPS) is 19.2. The van der Waals surface area contributed by atoms with E-state index in [-0.39, 0.29) is 22.3 Å². The van der Waals surface area contributed by atoms with Crippen LogP contribution in [-0.4, -0.2) is 13.1 Å². The Balaban J connectivity index is 1.44. The molecular formula is C60H74N4OS. The van der Waals surface area contributed by atoms with Crippen LogP contribution < -0.4 is 4.90 Å². The molecular weight excluding hydrogens is 825 g/mol. The second-order valence-corrected chi connectivity index (χ2v) is 20.8. The van der Waals surface area contributed by atoms with Gasteiger partial charge in [-0.2, -0.15) is 15.8 Å². The van der Waals surface area contributed by atoms with Gasteiger partial charge in [0.2, 0.25) is 0 Å². The van der Waals surface area contributed by atoms with E-state index in [0.29, 0.717) is 11.5 Å². The molecule has 0 saturated heterocycles. The van der Waals surface area contributed by atoms with Crippen LogP contribution in [0.3, 0.4) is 0 Å². The van der Waals surface area contributed by atoms with E-state index in [1.807, 2.05) is 30.4 Å². The number of thiophene rings is 1. The molecule has 2 aliphatic carbocycles. The molecule has 6 rings (SSSR count). The quantitative estimate of drug-likeness (QED) is 0.0833. The number of benzene rings is 2. The van der Waals surface area contributed by atoms with Crippen molar-refractivity contribution in [2.75, 3.05) is 18.0 Å². The Morgan fingerprint density at radius 2 is 1.36 bits per heavy atom. The van der Waals surface area contributed by atoms with E-state index in [0.717, 1.165) is 57.2 Å². The van der Waals surface area contributed by atoms with Gasteiger partial charge in [0, 0.05) is 34.1 Å². The lowest BCUT2D eigenvalue weighted by molar-refractivity contribution is 0.0755. The minimum atomic E-state index is -1.07. The second kappa shape index (κ2) is 23.9. The van der Waals surface area contributed by atoms with Crippen LogP contribution in [-0.2, 0) is 23.2 Å². The lowest BCUT2D eigenvalue weighted by Gasteiger charge is -2.30. The fourth-order valence-corrected chi connectivity index (χ4v) is 11.7. The molecule has 66 heavy (non-hydrogen) atoms. The van der Waals surface area contributed by atoms with Crippen molar-refractivity contribution >= 4 is 35.3 Å². The van der Waals surface area contributed by atoms with E-state index < -0.39 is 5.60 Å². The molecule has 1 saturated carbocycles. The van der Waals surface area contributed by atoms with Crippen LogP contribution in [0.1, 0.15) is 188 Å². The predicted molar refractivity (Wildman–Crippen MR) is 279 cm³/mol. The standard InChI is InChI=1S/C60H74N4OS/c1-8-12-14-19-23-52-53(24-20-15-13-9-2)57(38-46-37-45(39-59(5,6)40-46)26-25-44-27-33-51(34-28-44)64(10-3)11-4)66-56(52)36-35-55-54(43-63)58(49(41-61)42-62)65-60(55,7)50-31-29-48(30-32-50)47-21-17-16-18-22-47/h25-38,47H,8-24,39-40H2,1-7H3/b26-25+,36-35+,46-38+. The highest BCUT2D eigenvalue weighted by Gasteiger charge is 2.44. The van der Waals surface area contributed by atoms with Gasteiger partial charge < -0.3 is 9.64 Å². The molecule has 3 aliphatic rings. The summed E-state index contributed by atoms with van der Waals surface area (Å²) >= 11 is 1.87. The third-order valence-electron chi connectivity index (χ3n) is 14.1. The monoisotopic (exact) mass is 899 g/mol. The highest BCUT2D eigenvalue weighted by atomic mass is 32.1. The lowest BCUT2D eigenvalue weighted by Crippen LogP contribution is -2.23. The summed E-state index contributed by atoms with van der Waals surface area (Å²) < 4.78 is 6.66. The number of hydrogen-bond acceptors (Lipinski definition) is 6. The number of anilines is 1. The fourth-order valence-electron chi connectivity index (χ4n) is 10.5. The van der Waals surface area contributed by atoms with Gasteiger partial charge in [0.1, 0.15) is 23.8 Å². The molecule has 0 bridgehead atoms. The van der Waals surface area contributed by atoms with Crippen LogP contribution in [0, 0.1) is 39.4 Å². The second-order valence-electron chi connectivity index (χ2n) is 19.7. The zero-order chi connectivity index (χ0) is 47.1. The van der Waals surface area contributed by atoms with Gasteiger partial charge in [-0.25, -0.2) is 0 Å². The maximum absolute atomic E-state index is 10.8. The highest BCUT2D eigenvalue weighted by Crippen LogP contribution is 2.48. The predicted octanol–water partition coefficient (Wildman–Crippen LogP) is 16.8. The van der Waals surface area contributed by atoms with Gasteiger partial charge in [-0.1, -0.05) is 146 Å². The number of hydrogen-bond donors (Lipinski definition) is 0. The van der Waals surface area contributed by atoms with E-state index in [4.69, 9.17) is 4.74 Å². The van der Waals surface area contributed by atoms with Crippen molar-refractivity contribution in [3.8, 4) is 18.2 Å². The summed E-state index contributed by atoms with van der Waals surface area (Å²) in [5.41, 5.74) is 10.1. The van der Waals surface area contributed by atoms with Gasteiger partial charge in [-0.3, -0.25) is 0 Å². The Bertz CT molecular complexity index is 2420. The van der Waals surface area contributed by atoms with Crippen molar-refractivity contribution in [1.29, 1.82) is 15.8 Å². The van der Waals surface area contributed by atoms with Crippen LogP contribution in [0.2, 0.25) is 0 Å². The first-order valence-corrected chi connectivity index (χ1v) is 26.1. The van der Waals surface area contributed by atoms with Gasteiger partial charge in [0.25, 0.3) is 0 Å². The van der Waals surface area contributed by atoms with Crippen LogP contribution in [0.15, 0.2) is 100 Å². The molecule has 5 nitrogen and oxygen atoms in total. The summed E-state index contributed by atoms with van der Waals surface area (Å²) in [6, 6.07) is 24.0. The molecule has 0 amide bonds. The summed E-state index contributed by atoms with van der Waals surface area (Å²) in [4.78, 5) is 4.94. The van der Waals surface area contributed by atoms with Crippen LogP contribution in [0.4, 0.5) is 5.69 Å². The number of nitrogens with zero attached hydrogens (tertiary/aromatic N) is 4. The molecule has 3 aromatic rings. The van der Waals surface area contributed by atoms with E-state index in [2.05, 4.69) is 137 Å². The van der Waals surface area contributed by atoms with E-state index in [9.17, 15) is 15.8 Å². The molecule has 0 spiro atoms. The molecule has 0 N–H and O–H groups in total. The third-order valence-corrected chi connectivity index (χ3v) is 15.3. The SMILES string of the molecule is CCCCCCc1c(/C=C2C=C(/C=C/c3ccc(N(CC)CC)cc3)CC(C)(C)C\2)sc(/C=C/C2=C(C#N)C(=C(C#N)C#N)OC2(C)c2ccc(C3CCCCC3)cc2)c1CCCCCC. The number of nitriles is 3. The molecule has 1 aromatic heterocycles. The Morgan fingerprint density at radius 3 is 1.95 bits per heavy atom. The molecule has 6 heteroatoms. The van der Waals surface area contributed by atoms with Crippen LogP contribution in [0.25, 0.3) is 18.2 Å². The molecule has 2 heterocycles. The first kappa shape index (κ1) is 50.1. The summed E-state index contributed by atoms with van der Waals surface area (Å²) in [7, 11) is 0. The smallest absolute Gasteiger partial charge is 0.172 e. The minimum absolute atomic E-state index is 0.0715. The average molecular weight is 899 g/mol. The van der Waals surface area contributed by atoms with Gasteiger partial charge in [-0.15, -0.1) is 11.3 Å². The molecule has 2 aromatic carbocycles. The molecule has 1 unspecified atom stereocenters. The van der Waals surface area contributed by atoms with Crippen LogP contribution >= 0.6 is 11.3 Å². The van der Waals surface area contributed by atoms with E-state index in [1.54, 1.807) is 0 Å². The maximum atomic E-state index is 10.8. The number of unbranched alkanes of at least 4 members (excludes halogenated alkanes) is 6. The Kier molecular flexibility index (Phi) is 18.1. The largest absolute Gasteiger partial charge is 0.474 e. The van der Waals surface area contributed by atoms with Crippen molar-refractivity contribution in [2.45, 2.75) is 169 Å². The summed E-state index contributed by atoms with van der Waals surface area (Å²) in [6.07, 6.45) is 33.6. The maximum Gasteiger partial charge on any atom is 0.172 e. The topological polar surface area (TPSA) is 83.8 Å². The van der Waals surface area contributed by atoms with Gasteiger partial charge in [0.15, 0.2) is 16.9 Å². The van der Waals surface area contributed by atoms with Crippen molar-refractivity contribution in [3.05, 3.63) is 138 Å². The highest BCUT2D eigenvalue weighted by molar-refractivity contribution is 7.14. The molecule has 1 aliphatic heterocycles. The number of ether oxygens (including phenoxy) is 1. The van der Waals surface area contributed by atoms with Gasteiger partial charge in [-0.05, 0) is 147 Å². The third kappa shape index (κ3) is 12.3. The minimum Gasteiger partial charge on any atom is -0.474 e. The Hall–Kier alpha value is -5.35. The first-order chi connectivity index (χ1) is 32.0. The number of allylic oxidation sites excluding steroid dienone is 6. The van der Waals surface area contributed by atoms with Crippen molar-refractivity contribution in [3.63, 3.8) is 0 Å². The molecule has 1 atom stereocenters. The Labute approximate surface area is 402 Å². The average Bonchev–Trinajstić information content (AvgIpc) is 3.80. The summed E-state index contributed by atoms with van der Waals surface area (Å²) in [5, 5.41) is 30.8. The zero-order valence-corrected chi connectivity index (χ0v) is 42.0. The zero-order valence-electron chi connectivity index (χ0n) is 41.2. The van der Waals surface area contributed by atoms with Crippen molar-refractivity contribution < 1.29 is 4.74 Å². The molecule has 0 radical (unpaired) electrons. The summed E-state index contributed by atoms with van der Waals surface area (Å²) in [5.74, 6) is 0.630. The van der Waals surface area contributed by atoms with Crippen molar-refractivity contribution in [2.24, 2.45) is 5.41 Å². The van der Waals surface area contributed by atoms with Crippen LogP contribution in [0.5, 0.6) is 0 Å². The fraction of sp³-hybridized carbons (Fsp3) is 0.483. The van der Waals surface area contributed by atoms with Crippen molar-refractivity contribution in [1.82, 2.24) is 0 Å². The lowest BCUT2D eigenvalue weighted by atomic mass is 9.75. The molecule has 1 fully saturated rings. The van der Waals surface area contributed by atoms with Gasteiger partial charge >= 0.3 is 0 Å². The van der Waals surface area contributed by atoms with Gasteiger partial charge in [0.05, 0.1) is 0 Å². The summed E-state index contributed by atoms with van der Waals surface area (Å²) in [6.45, 7) is 17.7. The van der Waals surface area contributed by atoms with E-state index in [1.165, 1.54) is 119 Å². The Morgan fingerprint density at radius 1 is 0.727 bits per heavy atom.